The van der Waals surface area contributed by atoms with E-state index in [1.807, 2.05) is 37.4 Å². The second-order valence-electron chi connectivity index (χ2n) is 5.06. The van der Waals surface area contributed by atoms with Crippen molar-refractivity contribution in [3.05, 3.63) is 0 Å². The van der Waals surface area contributed by atoms with Crippen molar-refractivity contribution in [3.8, 4) is 0 Å². The minimum atomic E-state index is -0.0531. The largest absolute Gasteiger partial charge is 0.342 e. The van der Waals surface area contributed by atoms with Crippen molar-refractivity contribution in [3.63, 3.8) is 0 Å². The first-order valence-corrected chi connectivity index (χ1v) is 8.50. The van der Waals surface area contributed by atoms with E-state index in [-0.39, 0.29) is 11.9 Å². The van der Waals surface area contributed by atoms with Crippen LogP contribution in [0, 0.1) is 0 Å². The maximum absolute atomic E-state index is 12.2. The van der Waals surface area contributed by atoms with Crippen molar-refractivity contribution in [1.29, 1.82) is 0 Å². The van der Waals surface area contributed by atoms with E-state index >= 15 is 0 Å². The summed E-state index contributed by atoms with van der Waals surface area (Å²) in [5.74, 6) is 0.241. The first kappa shape index (κ1) is 15.8. The second kappa shape index (κ2) is 8.05. The molecule has 3 unspecified atom stereocenters. The molecule has 0 spiro atoms. The van der Waals surface area contributed by atoms with E-state index in [0.29, 0.717) is 11.3 Å². The molecule has 0 aromatic heterocycles. The van der Waals surface area contributed by atoms with E-state index in [0.717, 1.165) is 13.1 Å². The van der Waals surface area contributed by atoms with Crippen LogP contribution in [0.15, 0.2) is 0 Å². The first-order chi connectivity index (χ1) is 8.63. The molecule has 0 radical (unpaired) electrons. The molecule has 3 atom stereocenters. The first-order valence-electron chi connectivity index (χ1n) is 7.21. The number of amides is 1. The van der Waals surface area contributed by atoms with E-state index < -0.39 is 0 Å². The fourth-order valence-corrected chi connectivity index (χ4v) is 3.72. The van der Waals surface area contributed by atoms with E-state index in [1.165, 1.54) is 25.7 Å². The fourth-order valence-electron chi connectivity index (χ4n) is 2.77. The summed E-state index contributed by atoms with van der Waals surface area (Å²) < 4.78 is 0. The number of nitrogens with one attached hydrogen (secondary N) is 1. The van der Waals surface area contributed by atoms with E-state index in [4.69, 9.17) is 0 Å². The van der Waals surface area contributed by atoms with Crippen LogP contribution in [-0.2, 0) is 4.79 Å². The van der Waals surface area contributed by atoms with Crippen LogP contribution in [-0.4, -0.2) is 47.5 Å². The summed E-state index contributed by atoms with van der Waals surface area (Å²) in [7, 11) is 0. The summed E-state index contributed by atoms with van der Waals surface area (Å²) in [5, 5.41) is 4.23. The predicted molar refractivity (Wildman–Crippen MR) is 80.1 cm³/mol. The predicted octanol–water partition coefficient (Wildman–Crippen LogP) is 2.51. The zero-order valence-electron chi connectivity index (χ0n) is 12.2. The van der Waals surface area contributed by atoms with Crippen LogP contribution in [0.3, 0.4) is 0 Å². The highest BCUT2D eigenvalue weighted by molar-refractivity contribution is 7.99. The molecule has 18 heavy (non-hydrogen) atoms. The Hall–Kier alpha value is -0.220. The number of carbonyl (C=O) groups excluding carboxylic acids is 1. The molecule has 0 bridgehead atoms. The van der Waals surface area contributed by atoms with Crippen LogP contribution in [0.25, 0.3) is 0 Å². The Morgan fingerprint density at radius 1 is 1.33 bits per heavy atom. The second-order valence-corrected chi connectivity index (χ2v) is 6.14. The Labute approximate surface area is 116 Å². The number of rotatable bonds is 6. The number of nitrogens with zero attached hydrogens (tertiary/aromatic N) is 1. The number of carbonyl (C=O) groups is 1. The van der Waals surface area contributed by atoms with Gasteiger partial charge in [0.25, 0.3) is 0 Å². The zero-order chi connectivity index (χ0) is 13.5. The molecule has 0 aromatic carbocycles. The van der Waals surface area contributed by atoms with Crippen molar-refractivity contribution >= 4 is 17.7 Å². The van der Waals surface area contributed by atoms with Crippen LogP contribution in [0.1, 0.15) is 46.5 Å². The van der Waals surface area contributed by atoms with Gasteiger partial charge in [0.2, 0.25) is 5.91 Å². The van der Waals surface area contributed by atoms with Gasteiger partial charge in [-0.15, -0.1) is 0 Å². The van der Waals surface area contributed by atoms with Gasteiger partial charge in [-0.2, -0.15) is 11.8 Å². The summed E-state index contributed by atoms with van der Waals surface area (Å²) in [4.78, 5) is 14.1. The monoisotopic (exact) mass is 272 g/mol. The van der Waals surface area contributed by atoms with Gasteiger partial charge in [0, 0.05) is 24.4 Å². The van der Waals surface area contributed by atoms with Gasteiger partial charge in [-0.1, -0.05) is 12.8 Å². The van der Waals surface area contributed by atoms with Gasteiger partial charge in [0.15, 0.2) is 0 Å². The highest BCUT2D eigenvalue weighted by Crippen LogP contribution is 2.27. The molecule has 1 aliphatic carbocycles. The normalized spacial score (nSPS) is 25.8. The lowest BCUT2D eigenvalue weighted by Gasteiger charge is -2.34. The minimum absolute atomic E-state index is 0.0531. The van der Waals surface area contributed by atoms with Gasteiger partial charge in [0.1, 0.15) is 0 Å². The summed E-state index contributed by atoms with van der Waals surface area (Å²) in [6.45, 7) is 7.70. The molecule has 106 valence electrons. The molecule has 0 aliphatic heterocycles. The summed E-state index contributed by atoms with van der Waals surface area (Å²) in [5.41, 5.74) is 0. The minimum Gasteiger partial charge on any atom is -0.342 e. The average molecular weight is 272 g/mol. The van der Waals surface area contributed by atoms with Crippen LogP contribution >= 0.6 is 11.8 Å². The molecule has 1 saturated carbocycles. The SMILES string of the molecule is CCN(CC)C(=O)C(C)NC1CCCCC1SC. The molecular formula is C14H28N2OS. The Morgan fingerprint density at radius 3 is 2.50 bits per heavy atom. The lowest BCUT2D eigenvalue weighted by Crippen LogP contribution is -2.51. The van der Waals surface area contributed by atoms with E-state index in [2.05, 4.69) is 11.6 Å². The third-order valence-electron chi connectivity index (χ3n) is 3.91. The number of hydrogen-bond acceptors (Lipinski definition) is 3. The quantitative estimate of drug-likeness (QED) is 0.806. The standard InChI is InChI=1S/C14H28N2OS/c1-5-16(6-2)14(17)11(3)15-12-9-7-8-10-13(12)18-4/h11-13,15H,5-10H2,1-4H3. The van der Waals surface area contributed by atoms with Gasteiger partial charge in [-0.25, -0.2) is 0 Å². The Bertz CT molecular complexity index is 256. The maximum Gasteiger partial charge on any atom is 0.239 e. The van der Waals surface area contributed by atoms with Crippen LogP contribution in [0.5, 0.6) is 0 Å². The molecule has 0 aromatic rings. The molecule has 0 heterocycles. The van der Waals surface area contributed by atoms with Gasteiger partial charge in [-0.05, 0) is 39.9 Å². The number of hydrogen-bond donors (Lipinski definition) is 1. The smallest absolute Gasteiger partial charge is 0.239 e. The fraction of sp³-hybridized carbons (Fsp3) is 0.929. The van der Waals surface area contributed by atoms with E-state index in [1.54, 1.807) is 0 Å². The van der Waals surface area contributed by atoms with Crippen molar-refractivity contribution in [2.24, 2.45) is 0 Å². The summed E-state index contributed by atoms with van der Waals surface area (Å²) in [6, 6.07) is 0.450. The zero-order valence-corrected chi connectivity index (χ0v) is 13.1. The maximum atomic E-state index is 12.2. The van der Waals surface area contributed by atoms with Crippen molar-refractivity contribution < 1.29 is 4.79 Å². The van der Waals surface area contributed by atoms with Gasteiger partial charge in [-0.3, -0.25) is 4.79 Å². The van der Waals surface area contributed by atoms with Crippen LogP contribution < -0.4 is 5.32 Å². The van der Waals surface area contributed by atoms with Gasteiger partial charge in [0.05, 0.1) is 6.04 Å². The summed E-state index contributed by atoms with van der Waals surface area (Å²) >= 11 is 1.94. The highest BCUT2D eigenvalue weighted by Gasteiger charge is 2.28. The number of thioether (sulfide) groups is 1. The van der Waals surface area contributed by atoms with Crippen LogP contribution in [0.2, 0.25) is 0 Å². The van der Waals surface area contributed by atoms with Crippen LogP contribution in [0.4, 0.5) is 0 Å². The van der Waals surface area contributed by atoms with Crippen molar-refractivity contribution in [1.82, 2.24) is 10.2 Å². The molecule has 4 heteroatoms. The average Bonchev–Trinajstić information content (AvgIpc) is 2.40. The Balaban J connectivity index is 2.51. The Kier molecular flexibility index (Phi) is 7.08. The van der Waals surface area contributed by atoms with Crippen molar-refractivity contribution in [2.45, 2.75) is 63.8 Å². The third kappa shape index (κ3) is 4.16. The molecule has 1 fully saturated rings. The lowest BCUT2D eigenvalue weighted by atomic mass is 9.94. The van der Waals surface area contributed by atoms with Gasteiger partial charge >= 0.3 is 0 Å². The van der Waals surface area contributed by atoms with Gasteiger partial charge < -0.3 is 10.2 Å². The molecule has 0 saturated heterocycles. The molecule has 1 rings (SSSR count). The molecular weight excluding hydrogens is 244 g/mol. The number of likely N-dealkylation sites (N-methyl/N-ethyl adjacent to an activating group) is 1. The molecule has 1 amide bonds. The molecule has 3 nitrogen and oxygen atoms in total. The third-order valence-corrected chi connectivity index (χ3v) is 5.08. The Morgan fingerprint density at radius 2 is 1.94 bits per heavy atom. The topological polar surface area (TPSA) is 32.3 Å². The lowest BCUT2D eigenvalue weighted by molar-refractivity contribution is -0.132. The molecule has 1 N–H and O–H groups in total. The van der Waals surface area contributed by atoms with E-state index in [9.17, 15) is 4.79 Å². The molecule has 1 aliphatic rings. The highest BCUT2D eigenvalue weighted by atomic mass is 32.2. The summed E-state index contributed by atoms with van der Waals surface area (Å²) in [6.07, 6.45) is 7.30. The van der Waals surface area contributed by atoms with Crippen molar-refractivity contribution in [2.75, 3.05) is 19.3 Å².